The van der Waals surface area contributed by atoms with Crippen LogP contribution in [-0.4, -0.2) is 32.9 Å². The lowest BCUT2D eigenvalue weighted by Gasteiger charge is -2.51. The maximum absolute atomic E-state index is 12.8. The summed E-state index contributed by atoms with van der Waals surface area (Å²) >= 11 is 0. The van der Waals surface area contributed by atoms with Gasteiger partial charge in [0.2, 0.25) is 5.78 Å². The normalized spacial score (nSPS) is 29.0. The second-order valence-corrected chi connectivity index (χ2v) is 6.44. The number of ether oxygens (including phenoxy) is 3. The fourth-order valence-corrected chi connectivity index (χ4v) is 4.21. The first-order valence-corrected chi connectivity index (χ1v) is 8.01. The molecular weight excluding hydrogens is 308 g/mol. The monoisotopic (exact) mass is 330 g/mol. The molecule has 4 atom stereocenters. The van der Waals surface area contributed by atoms with Crippen LogP contribution in [0.2, 0.25) is 0 Å². The summed E-state index contributed by atoms with van der Waals surface area (Å²) in [5.74, 6) is 0.890. The van der Waals surface area contributed by atoms with Gasteiger partial charge in [-0.05, 0) is 36.5 Å². The summed E-state index contributed by atoms with van der Waals surface area (Å²) in [7, 11) is 4.61. The highest BCUT2D eigenvalue weighted by Crippen LogP contribution is 2.57. The second-order valence-electron chi connectivity index (χ2n) is 6.44. The Morgan fingerprint density at radius 1 is 0.833 bits per heavy atom. The Kier molecular flexibility index (Phi) is 4.11. The first-order chi connectivity index (χ1) is 11.5. The molecular formula is C19H22O5. The molecule has 3 unspecified atom stereocenters. The van der Waals surface area contributed by atoms with Gasteiger partial charge in [0.05, 0.1) is 21.3 Å². The number of carbonyl (C=O) groups is 2. The molecule has 2 aliphatic rings. The lowest BCUT2D eigenvalue weighted by molar-refractivity contribution is -0.145. The van der Waals surface area contributed by atoms with E-state index in [0.29, 0.717) is 17.1 Å². The zero-order chi connectivity index (χ0) is 17.6. The van der Waals surface area contributed by atoms with Crippen LogP contribution in [-0.2, 0) is 14.3 Å². The van der Waals surface area contributed by atoms with Crippen molar-refractivity contribution >= 4 is 11.6 Å². The number of hydrogen-bond donors (Lipinski definition) is 0. The van der Waals surface area contributed by atoms with Crippen molar-refractivity contribution in [1.29, 1.82) is 0 Å². The number of ketones is 2. The van der Waals surface area contributed by atoms with Gasteiger partial charge in [0.15, 0.2) is 23.0 Å². The molecule has 0 aliphatic heterocycles. The minimum atomic E-state index is -0.357. The predicted octanol–water partition coefficient (Wildman–Crippen LogP) is 2.74. The molecule has 3 rings (SSSR count). The molecule has 0 saturated heterocycles. The molecule has 128 valence electrons. The van der Waals surface area contributed by atoms with Gasteiger partial charge in [0.1, 0.15) is 0 Å². The van der Waals surface area contributed by atoms with Crippen LogP contribution in [0, 0.1) is 17.8 Å². The molecule has 0 N–H and O–H groups in total. The molecule has 0 bridgehead atoms. The van der Waals surface area contributed by atoms with E-state index in [2.05, 4.69) is 0 Å². The Hall–Kier alpha value is -2.30. The van der Waals surface area contributed by atoms with Crippen molar-refractivity contribution in [2.24, 2.45) is 17.8 Å². The minimum Gasteiger partial charge on any atom is -0.493 e. The highest BCUT2D eigenvalue weighted by atomic mass is 16.5. The van der Waals surface area contributed by atoms with Gasteiger partial charge in [-0.3, -0.25) is 9.59 Å². The van der Waals surface area contributed by atoms with Crippen LogP contribution < -0.4 is 9.47 Å². The van der Waals surface area contributed by atoms with Crippen molar-refractivity contribution in [3.05, 3.63) is 35.1 Å². The first-order valence-electron chi connectivity index (χ1n) is 8.01. The molecule has 0 amide bonds. The van der Waals surface area contributed by atoms with Crippen LogP contribution >= 0.6 is 0 Å². The fourth-order valence-electron chi connectivity index (χ4n) is 4.21. The number of methoxy groups -OCH3 is 3. The third-order valence-electron chi connectivity index (χ3n) is 5.44. The molecule has 1 aromatic rings. The van der Waals surface area contributed by atoms with E-state index in [1.165, 1.54) is 7.11 Å². The first kappa shape index (κ1) is 16.6. The Morgan fingerprint density at radius 2 is 1.50 bits per heavy atom. The standard InChI is InChI=1S/C19H22O5/c1-9-14(11-6-7-12(22-3)13(8-11)23-4)16-15(9)17(20)10(2)19(24-5)18(16)21/h6-9,14-16H,1-5H3/t9-,14?,15?,16?/m1/s1. The average molecular weight is 330 g/mol. The summed E-state index contributed by atoms with van der Waals surface area (Å²) in [6.07, 6.45) is 0. The topological polar surface area (TPSA) is 61.8 Å². The van der Waals surface area contributed by atoms with E-state index in [1.807, 2.05) is 25.1 Å². The van der Waals surface area contributed by atoms with Gasteiger partial charge in [-0.2, -0.15) is 0 Å². The fraction of sp³-hybridized carbons (Fsp3) is 0.474. The van der Waals surface area contributed by atoms with Crippen LogP contribution in [0.4, 0.5) is 0 Å². The quantitative estimate of drug-likeness (QED) is 0.849. The summed E-state index contributed by atoms with van der Waals surface area (Å²) < 4.78 is 15.8. The van der Waals surface area contributed by atoms with Gasteiger partial charge >= 0.3 is 0 Å². The Labute approximate surface area is 141 Å². The van der Waals surface area contributed by atoms with Crippen molar-refractivity contribution in [3.8, 4) is 11.5 Å². The number of hydrogen-bond acceptors (Lipinski definition) is 5. The van der Waals surface area contributed by atoms with Crippen molar-refractivity contribution in [1.82, 2.24) is 0 Å². The number of fused-ring (bicyclic) bond motifs is 1. The maximum atomic E-state index is 12.8. The van der Waals surface area contributed by atoms with Crippen LogP contribution in [0.15, 0.2) is 29.5 Å². The van der Waals surface area contributed by atoms with Crippen LogP contribution in [0.1, 0.15) is 25.3 Å². The molecule has 1 fully saturated rings. The molecule has 5 heteroatoms. The molecule has 24 heavy (non-hydrogen) atoms. The zero-order valence-electron chi connectivity index (χ0n) is 14.6. The van der Waals surface area contributed by atoms with Crippen LogP contribution in [0.25, 0.3) is 0 Å². The molecule has 2 aliphatic carbocycles. The van der Waals surface area contributed by atoms with Gasteiger partial charge < -0.3 is 14.2 Å². The number of Topliss-reactive ketones (excluding diaryl/α,β-unsaturated/α-hetero) is 2. The molecule has 0 heterocycles. The van der Waals surface area contributed by atoms with Gasteiger partial charge in [-0.25, -0.2) is 0 Å². The predicted molar refractivity (Wildman–Crippen MR) is 88.2 cm³/mol. The average Bonchev–Trinajstić information content (AvgIpc) is 2.58. The third-order valence-corrected chi connectivity index (χ3v) is 5.44. The summed E-state index contributed by atoms with van der Waals surface area (Å²) in [4.78, 5) is 25.4. The molecule has 5 nitrogen and oxygen atoms in total. The summed E-state index contributed by atoms with van der Waals surface area (Å²) in [6, 6.07) is 5.67. The van der Waals surface area contributed by atoms with E-state index in [1.54, 1.807) is 21.1 Å². The van der Waals surface area contributed by atoms with E-state index in [9.17, 15) is 9.59 Å². The van der Waals surface area contributed by atoms with E-state index in [4.69, 9.17) is 14.2 Å². The minimum absolute atomic E-state index is 0.0236. The zero-order valence-corrected chi connectivity index (χ0v) is 14.6. The highest BCUT2D eigenvalue weighted by Gasteiger charge is 2.59. The van der Waals surface area contributed by atoms with Gasteiger partial charge in [-0.1, -0.05) is 13.0 Å². The van der Waals surface area contributed by atoms with E-state index in [0.717, 1.165) is 5.56 Å². The second kappa shape index (κ2) is 5.96. The van der Waals surface area contributed by atoms with Crippen LogP contribution in [0.3, 0.4) is 0 Å². The summed E-state index contributed by atoms with van der Waals surface area (Å²) in [5.41, 5.74) is 1.43. The highest BCUT2D eigenvalue weighted by molar-refractivity contribution is 6.14. The number of carbonyl (C=O) groups excluding carboxylic acids is 2. The van der Waals surface area contributed by atoms with Crippen molar-refractivity contribution in [3.63, 3.8) is 0 Å². The van der Waals surface area contributed by atoms with Crippen molar-refractivity contribution < 1.29 is 23.8 Å². The largest absolute Gasteiger partial charge is 0.493 e. The summed E-state index contributed by atoms with van der Waals surface area (Å²) in [5, 5.41) is 0. The van der Waals surface area contributed by atoms with Crippen molar-refractivity contribution in [2.45, 2.75) is 19.8 Å². The van der Waals surface area contributed by atoms with Gasteiger partial charge in [0, 0.05) is 17.4 Å². The summed E-state index contributed by atoms with van der Waals surface area (Å²) in [6.45, 7) is 3.70. The van der Waals surface area contributed by atoms with Crippen molar-refractivity contribution in [2.75, 3.05) is 21.3 Å². The molecule has 0 aromatic heterocycles. The lowest BCUT2D eigenvalue weighted by Crippen LogP contribution is -2.55. The van der Waals surface area contributed by atoms with E-state index < -0.39 is 0 Å². The lowest BCUT2D eigenvalue weighted by atomic mass is 9.50. The smallest absolute Gasteiger partial charge is 0.202 e. The molecule has 1 aromatic carbocycles. The number of benzene rings is 1. The number of allylic oxidation sites excluding steroid dienone is 2. The van der Waals surface area contributed by atoms with Crippen LogP contribution in [0.5, 0.6) is 11.5 Å². The van der Waals surface area contributed by atoms with E-state index in [-0.39, 0.29) is 41.0 Å². The molecule has 1 saturated carbocycles. The Morgan fingerprint density at radius 3 is 2.08 bits per heavy atom. The van der Waals surface area contributed by atoms with Gasteiger partial charge in [0.25, 0.3) is 0 Å². The Balaban J connectivity index is 2.00. The third kappa shape index (κ3) is 2.14. The maximum Gasteiger partial charge on any atom is 0.202 e. The van der Waals surface area contributed by atoms with Gasteiger partial charge in [-0.15, -0.1) is 0 Å². The molecule has 0 spiro atoms. The SMILES string of the molecule is COC1=C(C)C(=O)C2C(C1=O)C(c1ccc(OC)c(OC)c1)[C@H]2C. The Bertz CT molecular complexity index is 733. The molecule has 0 radical (unpaired) electrons. The number of rotatable bonds is 4. The van der Waals surface area contributed by atoms with E-state index >= 15 is 0 Å².